The number of carbonyl (C=O) groups is 1. The van der Waals surface area contributed by atoms with Crippen LogP contribution in [0.3, 0.4) is 0 Å². The molecule has 0 radical (unpaired) electrons. The van der Waals surface area contributed by atoms with Crippen LogP contribution in [-0.4, -0.2) is 45.4 Å². The summed E-state index contributed by atoms with van der Waals surface area (Å²) in [6.45, 7) is 6.07. The van der Waals surface area contributed by atoms with Gasteiger partial charge in [-0.15, -0.1) is 0 Å². The van der Waals surface area contributed by atoms with Gasteiger partial charge in [-0.1, -0.05) is 13.3 Å². The highest BCUT2D eigenvalue weighted by molar-refractivity contribution is 7.89. The van der Waals surface area contributed by atoms with Gasteiger partial charge in [0.25, 0.3) is 5.91 Å². The van der Waals surface area contributed by atoms with Crippen LogP contribution in [-0.2, 0) is 16.6 Å². The Kier molecular flexibility index (Phi) is 7.46. The number of rotatable bonds is 9. The van der Waals surface area contributed by atoms with E-state index in [1.54, 1.807) is 12.1 Å². The maximum Gasteiger partial charge on any atom is 0.251 e. The van der Waals surface area contributed by atoms with Crippen LogP contribution in [0.15, 0.2) is 52.0 Å². The Morgan fingerprint density at radius 3 is 2.52 bits per heavy atom. The van der Waals surface area contributed by atoms with Crippen molar-refractivity contribution in [3.8, 4) is 0 Å². The third-order valence-electron chi connectivity index (χ3n) is 5.07. The second-order valence-corrected chi connectivity index (χ2v) is 9.37. The van der Waals surface area contributed by atoms with Gasteiger partial charge in [0.2, 0.25) is 10.0 Å². The van der Waals surface area contributed by atoms with E-state index >= 15 is 0 Å². The summed E-state index contributed by atoms with van der Waals surface area (Å²) in [5.41, 5.74) is 0.445. The van der Waals surface area contributed by atoms with E-state index in [0.29, 0.717) is 23.8 Å². The average Bonchev–Trinajstić information content (AvgIpc) is 3.25. The van der Waals surface area contributed by atoms with Crippen LogP contribution >= 0.6 is 0 Å². The molecule has 2 heterocycles. The molecule has 0 unspecified atom stereocenters. The van der Waals surface area contributed by atoms with Crippen LogP contribution in [0.5, 0.6) is 0 Å². The zero-order valence-corrected chi connectivity index (χ0v) is 17.6. The first-order valence-electron chi connectivity index (χ1n) is 10.1. The Morgan fingerprint density at radius 1 is 1.14 bits per heavy atom. The van der Waals surface area contributed by atoms with Gasteiger partial charge in [0.1, 0.15) is 5.76 Å². The van der Waals surface area contributed by atoms with Crippen LogP contribution in [0.2, 0.25) is 0 Å². The molecule has 1 atom stereocenters. The normalized spacial score (nSPS) is 16.4. The van der Waals surface area contributed by atoms with Gasteiger partial charge in [-0.3, -0.25) is 4.79 Å². The molecule has 7 nitrogen and oxygen atoms in total. The third-order valence-corrected chi connectivity index (χ3v) is 6.49. The fraction of sp³-hybridized carbons (Fsp3) is 0.476. The molecule has 1 aromatic heterocycles. The average molecular weight is 420 g/mol. The monoisotopic (exact) mass is 419 g/mol. The quantitative estimate of drug-likeness (QED) is 0.652. The zero-order valence-electron chi connectivity index (χ0n) is 16.8. The molecule has 2 N–H and O–H groups in total. The number of nitrogens with one attached hydrogen (secondary N) is 2. The minimum absolute atomic E-state index is 0.0759. The standard InChI is InChI=1S/C21H29N3O4S/c1-17(16-24-11-3-2-4-12-24)14-22-21(25)18-7-9-20(10-8-18)29(26,27)23-15-19-6-5-13-28-19/h5-10,13,17,23H,2-4,11-12,14-16H2,1H3,(H,22,25)/t17-/m0/s1. The summed E-state index contributed by atoms with van der Waals surface area (Å²) in [5.74, 6) is 0.703. The van der Waals surface area contributed by atoms with Crippen LogP contribution in [0, 0.1) is 5.92 Å². The van der Waals surface area contributed by atoms with Crippen LogP contribution in [0.25, 0.3) is 0 Å². The van der Waals surface area contributed by atoms with Gasteiger partial charge in [-0.25, -0.2) is 13.1 Å². The Labute approximate surface area is 172 Å². The first-order valence-corrected chi connectivity index (χ1v) is 11.5. The van der Waals surface area contributed by atoms with Crippen LogP contribution < -0.4 is 10.0 Å². The topological polar surface area (TPSA) is 91.6 Å². The SMILES string of the molecule is C[C@@H](CNC(=O)c1ccc(S(=O)(=O)NCc2ccco2)cc1)CN1CCCCC1. The van der Waals surface area contributed by atoms with E-state index in [0.717, 1.165) is 19.6 Å². The van der Waals surface area contributed by atoms with E-state index < -0.39 is 10.0 Å². The molecule has 1 aromatic carbocycles. The molecule has 1 amide bonds. The van der Waals surface area contributed by atoms with Crippen LogP contribution in [0.4, 0.5) is 0 Å². The lowest BCUT2D eigenvalue weighted by Gasteiger charge is -2.29. The van der Waals surface area contributed by atoms with Gasteiger partial charge in [-0.05, 0) is 68.2 Å². The number of carbonyl (C=O) groups excluding carboxylic acids is 1. The number of benzene rings is 1. The smallest absolute Gasteiger partial charge is 0.251 e. The summed E-state index contributed by atoms with van der Waals surface area (Å²) < 4.78 is 32.3. The van der Waals surface area contributed by atoms with Gasteiger partial charge < -0.3 is 14.6 Å². The highest BCUT2D eigenvalue weighted by Crippen LogP contribution is 2.13. The molecule has 1 saturated heterocycles. The van der Waals surface area contributed by atoms with E-state index in [2.05, 4.69) is 21.9 Å². The molecule has 0 bridgehead atoms. The van der Waals surface area contributed by atoms with Crippen molar-refractivity contribution in [2.45, 2.75) is 37.6 Å². The molecule has 2 aromatic rings. The maximum atomic E-state index is 12.4. The lowest BCUT2D eigenvalue weighted by Crippen LogP contribution is -2.38. The molecule has 1 aliphatic heterocycles. The molecule has 1 aliphatic rings. The number of amides is 1. The summed E-state index contributed by atoms with van der Waals surface area (Å²) in [5, 5.41) is 2.95. The number of hydrogen-bond acceptors (Lipinski definition) is 5. The zero-order chi connectivity index (χ0) is 20.7. The molecule has 3 rings (SSSR count). The molecule has 0 saturated carbocycles. The first kappa shape index (κ1) is 21.5. The predicted octanol–water partition coefficient (Wildman–Crippen LogP) is 2.61. The molecular formula is C21H29N3O4S. The largest absolute Gasteiger partial charge is 0.468 e. The van der Waals surface area contributed by atoms with Crippen LogP contribution in [0.1, 0.15) is 42.3 Å². The number of furan rings is 1. The summed E-state index contributed by atoms with van der Waals surface area (Å²) in [4.78, 5) is 14.9. The molecule has 0 aliphatic carbocycles. The van der Waals surface area contributed by atoms with Crippen molar-refractivity contribution in [3.05, 3.63) is 54.0 Å². The number of hydrogen-bond donors (Lipinski definition) is 2. The van der Waals surface area contributed by atoms with Crippen molar-refractivity contribution in [2.75, 3.05) is 26.2 Å². The van der Waals surface area contributed by atoms with E-state index in [1.807, 2.05) is 0 Å². The van der Waals surface area contributed by atoms with E-state index in [9.17, 15) is 13.2 Å². The van der Waals surface area contributed by atoms with Crippen molar-refractivity contribution >= 4 is 15.9 Å². The van der Waals surface area contributed by atoms with Gasteiger partial charge in [-0.2, -0.15) is 0 Å². The van der Waals surface area contributed by atoms with Gasteiger partial charge in [0.15, 0.2) is 0 Å². The fourth-order valence-corrected chi connectivity index (χ4v) is 4.46. The van der Waals surface area contributed by atoms with E-state index in [4.69, 9.17) is 4.42 Å². The number of piperidine rings is 1. The summed E-state index contributed by atoms with van der Waals surface area (Å²) in [7, 11) is -3.67. The van der Waals surface area contributed by atoms with Crippen molar-refractivity contribution in [1.82, 2.24) is 14.9 Å². The minimum atomic E-state index is -3.67. The summed E-state index contributed by atoms with van der Waals surface area (Å²) in [6.07, 6.45) is 5.31. The summed E-state index contributed by atoms with van der Waals surface area (Å²) in [6, 6.07) is 9.35. The molecule has 1 fully saturated rings. The molecular weight excluding hydrogens is 390 g/mol. The summed E-state index contributed by atoms with van der Waals surface area (Å²) >= 11 is 0. The molecule has 0 spiro atoms. The Balaban J connectivity index is 1.48. The second kappa shape index (κ2) is 10.0. The maximum absolute atomic E-state index is 12.4. The van der Waals surface area contributed by atoms with Gasteiger partial charge in [0, 0.05) is 18.7 Å². The first-order chi connectivity index (χ1) is 13.9. The molecule has 29 heavy (non-hydrogen) atoms. The van der Waals surface area contributed by atoms with Gasteiger partial charge in [0.05, 0.1) is 17.7 Å². The van der Waals surface area contributed by atoms with Crippen molar-refractivity contribution in [1.29, 1.82) is 0 Å². The Bertz CT molecular complexity index is 873. The number of likely N-dealkylation sites (tertiary alicyclic amines) is 1. The predicted molar refractivity (Wildman–Crippen MR) is 111 cm³/mol. The third kappa shape index (κ3) is 6.42. The lowest BCUT2D eigenvalue weighted by molar-refractivity contribution is 0.0942. The van der Waals surface area contributed by atoms with Crippen molar-refractivity contribution < 1.29 is 17.6 Å². The van der Waals surface area contributed by atoms with E-state index in [-0.39, 0.29) is 17.3 Å². The minimum Gasteiger partial charge on any atom is -0.468 e. The highest BCUT2D eigenvalue weighted by atomic mass is 32.2. The Hall–Kier alpha value is -2.16. The molecule has 8 heteroatoms. The van der Waals surface area contributed by atoms with Crippen molar-refractivity contribution in [2.24, 2.45) is 5.92 Å². The fourth-order valence-electron chi connectivity index (χ4n) is 3.46. The Morgan fingerprint density at radius 2 is 1.86 bits per heavy atom. The second-order valence-electron chi connectivity index (χ2n) is 7.60. The number of sulfonamides is 1. The van der Waals surface area contributed by atoms with Crippen molar-refractivity contribution in [3.63, 3.8) is 0 Å². The van der Waals surface area contributed by atoms with E-state index in [1.165, 1.54) is 49.8 Å². The highest BCUT2D eigenvalue weighted by Gasteiger charge is 2.17. The molecule has 158 valence electrons. The lowest BCUT2D eigenvalue weighted by atomic mass is 10.1. The van der Waals surface area contributed by atoms with Gasteiger partial charge >= 0.3 is 0 Å². The number of nitrogens with zero attached hydrogens (tertiary/aromatic N) is 1.